The van der Waals surface area contributed by atoms with E-state index in [0.717, 1.165) is 29.8 Å². The summed E-state index contributed by atoms with van der Waals surface area (Å²) in [6.45, 7) is 4.07. The second-order valence-corrected chi connectivity index (χ2v) is 6.65. The van der Waals surface area contributed by atoms with Crippen molar-refractivity contribution in [2.24, 2.45) is 0 Å². The van der Waals surface area contributed by atoms with Gasteiger partial charge in [-0.1, -0.05) is 42.5 Å². The van der Waals surface area contributed by atoms with E-state index in [1.165, 1.54) is 12.5 Å². The minimum Gasteiger partial charge on any atom is -0.427 e. The molecule has 0 saturated carbocycles. The molecule has 0 bridgehead atoms. The quantitative estimate of drug-likeness (QED) is 0.424. The zero-order chi connectivity index (χ0) is 19.8. The molecule has 3 rings (SSSR count). The second kappa shape index (κ2) is 9.76. The highest BCUT2D eigenvalue weighted by Crippen LogP contribution is 2.21. The van der Waals surface area contributed by atoms with E-state index in [2.05, 4.69) is 29.0 Å². The third kappa shape index (κ3) is 5.99. The summed E-state index contributed by atoms with van der Waals surface area (Å²) in [5.41, 5.74) is 3.07. The summed E-state index contributed by atoms with van der Waals surface area (Å²) in [5.74, 6) is 0.996. The summed E-state index contributed by atoms with van der Waals surface area (Å²) in [7, 11) is 0. The third-order valence-electron chi connectivity index (χ3n) is 4.31. The highest BCUT2D eigenvalue weighted by molar-refractivity contribution is 5.70. The monoisotopic (exact) mass is 376 g/mol. The minimum atomic E-state index is -0.331. The lowest BCUT2D eigenvalue weighted by Crippen LogP contribution is -2.10. The molecule has 1 aromatic heterocycles. The maximum Gasteiger partial charge on any atom is 0.308 e. The zero-order valence-electron chi connectivity index (χ0n) is 16.2. The Morgan fingerprint density at radius 1 is 0.964 bits per heavy atom. The van der Waals surface area contributed by atoms with Crippen LogP contribution in [0.15, 0.2) is 67.0 Å². The predicted molar refractivity (Wildman–Crippen MR) is 108 cm³/mol. The van der Waals surface area contributed by atoms with Crippen LogP contribution in [0.3, 0.4) is 0 Å². The van der Waals surface area contributed by atoms with Crippen LogP contribution in [0.4, 0.5) is 0 Å². The van der Waals surface area contributed by atoms with Crippen molar-refractivity contribution in [3.63, 3.8) is 0 Å². The van der Waals surface area contributed by atoms with Gasteiger partial charge in [0.25, 0.3) is 0 Å². The molecule has 144 valence electrons. The SMILES string of the molecule is CC(=O)Oc1ccc(-c2cnc(CCC(C)OCc3ccccc3)nc2)cc1. The average Bonchev–Trinajstić information content (AvgIpc) is 2.72. The van der Waals surface area contributed by atoms with E-state index < -0.39 is 0 Å². The molecule has 1 heterocycles. The van der Waals surface area contributed by atoms with Crippen molar-refractivity contribution in [1.29, 1.82) is 0 Å². The molecule has 0 amide bonds. The van der Waals surface area contributed by atoms with Crippen LogP contribution in [-0.4, -0.2) is 22.0 Å². The lowest BCUT2D eigenvalue weighted by atomic mass is 10.1. The molecular formula is C23H24N2O3. The van der Waals surface area contributed by atoms with Gasteiger partial charge < -0.3 is 9.47 Å². The van der Waals surface area contributed by atoms with Gasteiger partial charge in [0.05, 0.1) is 12.7 Å². The summed E-state index contributed by atoms with van der Waals surface area (Å²) in [4.78, 5) is 19.9. The molecular weight excluding hydrogens is 352 g/mol. The Bertz CT molecular complexity index is 878. The van der Waals surface area contributed by atoms with Crippen LogP contribution in [0.1, 0.15) is 31.7 Å². The van der Waals surface area contributed by atoms with Crippen molar-refractivity contribution in [2.45, 2.75) is 39.4 Å². The Morgan fingerprint density at radius 3 is 2.29 bits per heavy atom. The first kappa shape index (κ1) is 19.7. The van der Waals surface area contributed by atoms with Gasteiger partial charge in [-0.15, -0.1) is 0 Å². The number of benzene rings is 2. The zero-order valence-corrected chi connectivity index (χ0v) is 16.2. The summed E-state index contributed by atoms with van der Waals surface area (Å²) in [6.07, 6.45) is 5.40. The maximum atomic E-state index is 11.0. The summed E-state index contributed by atoms with van der Waals surface area (Å²) in [5, 5.41) is 0. The molecule has 0 aliphatic carbocycles. The maximum absolute atomic E-state index is 11.0. The number of ether oxygens (including phenoxy) is 2. The summed E-state index contributed by atoms with van der Waals surface area (Å²) in [6, 6.07) is 17.5. The van der Waals surface area contributed by atoms with E-state index in [9.17, 15) is 4.79 Å². The fourth-order valence-electron chi connectivity index (χ4n) is 2.74. The van der Waals surface area contributed by atoms with E-state index in [0.29, 0.717) is 12.4 Å². The molecule has 5 heteroatoms. The van der Waals surface area contributed by atoms with Crippen molar-refractivity contribution in [2.75, 3.05) is 0 Å². The first-order valence-corrected chi connectivity index (χ1v) is 9.35. The second-order valence-electron chi connectivity index (χ2n) is 6.65. The lowest BCUT2D eigenvalue weighted by molar-refractivity contribution is -0.131. The number of hydrogen-bond donors (Lipinski definition) is 0. The number of carbonyl (C=O) groups excluding carboxylic acids is 1. The third-order valence-corrected chi connectivity index (χ3v) is 4.31. The van der Waals surface area contributed by atoms with E-state index in [1.54, 1.807) is 12.1 Å². The van der Waals surface area contributed by atoms with Crippen LogP contribution < -0.4 is 4.74 Å². The molecule has 0 fully saturated rings. The Hall–Kier alpha value is -3.05. The number of aryl methyl sites for hydroxylation is 1. The number of nitrogens with zero attached hydrogens (tertiary/aromatic N) is 2. The standard InChI is InChI=1S/C23H24N2O3/c1-17(27-16-19-6-4-3-5-7-19)8-13-23-24-14-21(15-25-23)20-9-11-22(12-10-20)28-18(2)26/h3-7,9-12,14-15,17H,8,13,16H2,1-2H3. The molecule has 0 aliphatic heterocycles. The molecule has 3 aromatic rings. The van der Waals surface area contributed by atoms with Crippen LogP contribution in [0.5, 0.6) is 5.75 Å². The smallest absolute Gasteiger partial charge is 0.308 e. The topological polar surface area (TPSA) is 61.3 Å². The van der Waals surface area contributed by atoms with Gasteiger partial charge in [-0.2, -0.15) is 0 Å². The van der Waals surface area contributed by atoms with Crippen molar-refractivity contribution < 1.29 is 14.3 Å². The summed E-state index contributed by atoms with van der Waals surface area (Å²) < 4.78 is 10.9. The molecule has 0 N–H and O–H groups in total. The van der Waals surface area contributed by atoms with Crippen molar-refractivity contribution in [3.05, 3.63) is 78.4 Å². The van der Waals surface area contributed by atoms with Gasteiger partial charge in [0.2, 0.25) is 0 Å². The Labute approximate surface area is 165 Å². The fraction of sp³-hybridized carbons (Fsp3) is 0.261. The molecule has 28 heavy (non-hydrogen) atoms. The Balaban J connectivity index is 1.49. The van der Waals surface area contributed by atoms with Gasteiger partial charge in [-0.3, -0.25) is 4.79 Å². The molecule has 5 nitrogen and oxygen atoms in total. The number of rotatable bonds is 8. The molecule has 1 unspecified atom stereocenters. The van der Waals surface area contributed by atoms with Gasteiger partial charge in [0.1, 0.15) is 11.6 Å². The predicted octanol–water partition coefficient (Wildman–Crippen LogP) is 4.61. The molecule has 2 aromatic carbocycles. The number of carbonyl (C=O) groups is 1. The number of esters is 1. The van der Waals surface area contributed by atoms with Crippen LogP contribution in [0.2, 0.25) is 0 Å². The van der Waals surface area contributed by atoms with Crippen molar-refractivity contribution in [3.8, 4) is 16.9 Å². The number of hydrogen-bond acceptors (Lipinski definition) is 5. The van der Waals surface area contributed by atoms with Gasteiger partial charge in [-0.05, 0) is 36.6 Å². The van der Waals surface area contributed by atoms with Crippen LogP contribution >= 0.6 is 0 Å². The van der Waals surface area contributed by atoms with E-state index in [4.69, 9.17) is 9.47 Å². The van der Waals surface area contributed by atoms with Crippen molar-refractivity contribution >= 4 is 5.97 Å². The largest absolute Gasteiger partial charge is 0.427 e. The normalized spacial score (nSPS) is 11.8. The highest BCUT2D eigenvalue weighted by Gasteiger charge is 2.07. The van der Waals surface area contributed by atoms with E-state index in [-0.39, 0.29) is 12.1 Å². The molecule has 0 radical (unpaired) electrons. The molecule has 1 atom stereocenters. The molecule has 0 spiro atoms. The molecule has 0 saturated heterocycles. The van der Waals surface area contributed by atoms with Gasteiger partial charge in [0.15, 0.2) is 0 Å². The summed E-state index contributed by atoms with van der Waals surface area (Å²) >= 11 is 0. The van der Waals surface area contributed by atoms with Crippen LogP contribution in [-0.2, 0) is 22.6 Å². The molecule has 0 aliphatic rings. The highest BCUT2D eigenvalue weighted by atomic mass is 16.5. The average molecular weight is 376 g/mol. The van der Waals surface area contributed by atoms with Crippen LogP contribution in [0.25, 0.3) is 11.1 Å². The first-order chi connectivity index (χ1) is 13.6. The first-order valence-electron chi connectivity index (χ1n) is 9.35. The Morgan fingerprint density at radius 2 is 1.64 bits per heavy atom. The van der Waals surface area contributed by atoms with Gasteiger partial charge >= 0.3 is 5.97 Å². The van der Waals surface area contributed by atoms with Gasteiger partial charge in [-0.25, -0.2) is 9.97 Å². The Kier molecular flexibility index (Phi) is 6.87. The number of aromatic nitrogens is 2. The van der Waals surface area contributed by atoms with Gasteiger partial charge in [0, 0.05) is 31.3 Å². The van der Waals surface area contributed by atoms with Crippen LogP contribution in [0, 0.1) is 0 Å². The minimum absolute atomic E-state index is 0.136. The van der Waals surface area contributed by atoms with Crippen molar-refractivity contribution in [1.82, 2.24) is 9.97 Å². The lowest BCUT2D eigenvalue weighted by Gasteiger charge is -2.12. The van der Waals surface area contributed by atoms with E-state index >= 15 is 0 Å². The van der Waals surface area contributed by atoms with E-state index in [1.807, 2.05) is 42.7 Å². The fourth-order valence-corrected chi connectivity index (χ4v) is 2.74.